The maximum absolute atomic E-state index is 12.1. The van der Waals surface area contributed by atoms with Crippen LogP contribution in [0, 0.1) is 5.92 Å². The summed E-state index contributed by atoms with van der Waals surface area (Å²) in [7, 11) is 1.28. The van der Waals surface area contributed by atoms with E-state index in [2.05, 4.69) is 4.74 Å². The van der Waals surface area contributed by atoms with Gasteiger partial charge < -0.3 is 4.74 Å². The van der Waals surface area contributed by atoms with E-state index in [9.17, 15) is 9.59 Å². The van der Waals surface area contributed by atoms with Crippen LogP contribution in [0.1, 0.15) is 23.7 Å². The Labute approximate surface area is 110 Å². The first-order valence-electron chi connectivity index (χ1n) is 5.02. The fourth-order valence-electron chi connectivity index (χ4n) is 1.41. The van der Waals surface area contributed by atoms with Crippen LogP contribution in [-0.2, 0) is 9.53 Å². The molecule has 1 unspecified atom stereocenters. The minimum absolute atomic E-state index is 0.0108. The highest BCUT2D eigenvalue weighted by Gasteiger charge is 2.23. The van der Waals surface area contributed by atoms with E-state index in [0.29, 0.717) is 10.0 Å². The Morgan fingerprint density at radius 1 is 1.29 bits per heavy atom. The SMILES string of the molecule is COC(=O)CC(C)C(=O)c1c(Cl)cccc1Cl. The van der Waals surface area contributed by atoms with Crippen LogP contribution >= 0.6 is 23.2 Å². The number of ether oxygens (including phenoxy) is 1. The molecule has 0 bridgehead atoms. The lowest BCUT2D eigenvalue weighted by Gasteiger charge is -2.11. The first-order valence-corrected chi connectivity index (χ1v) is 5.78. The molecule has 0 aliphatic heterocycles. The molecule has 1 atom stereocenters. The average Bonchev–Trinajstić information content (AvgIpc) is 2.28. The van der Waals surface area contributed by atoms with Crippen molar-refractivity contribution in [3.05, 3.63) is 33.8 Å². The van der Waals surface area contributed by atoms with Gasteiger partial charge >= 0.3 is 5.97 Å². The molecule has 0 saturated carbocycles. The van der Waals surface area contributed by atoms with E-state index in [1.54, 1.807) is 25.1 Å². The van der Waals surface area contributed by atoms with Gasteiger partial charge in [-0.15, -0.1) is 0 Å². The Balaban J connectivity index is 2.93. The first-order chi connectivity index (χ1) is 7.97. The number of methoxy groups -OCH3 is 1. The van der Waals surface area contributed by atoms with Crippen LogP contribution in [-0.4, -0.2) is 18.9 Å². The molecule has 0 radical (unpaired) electrons. The summed E-state index contributed by atoms with van der Waals surface area (Å²) in [4.78, 5) is 23.1. The van der Waals surface area contributed by atoms with Crippen molar-refractivity contribution in [3.63, 3.8) is 0 Å². The van der Waals surface area contributed by atoms with Crippen molar-refractivity contribution in [1.82, 2.24) is 0 Å². The lowest BCUT2D eigenvalue weighted by molar-refractivity contribution is -0.141. The van der Waals surface area contributed by atoms with Gasteiger partial charge in [-0.1, -0.05) is 36.2 Å². The van der Waals surface area contributed by atoms with Crippen molar-refractivity contribution < 1.29 is 14.3 Å². The van der Waals surface area contributed by atoms with Gasteiger partial charge in [0.1, 0.15) is 0 Å². The third kappa shape index (κ3) is 3.45. The summed E-state index contributed by atoms with van der Waals surface area (Å²) >= 11 is 11.8. The predicted molar refractivity (Wildman–Crippen MR) is 66.6 cm³/mol. The molecular weight excluding hydrogens is 263 g/mol. The van der Waals surface area contributed by atoms with Crippen molar-refractivity contribution >= 4 is 35.0 Å². The predicted octanol–water partition coefficient (Wildman–Crippen LogP) is 3.38. The molecule has 0 aliphatic carbocycles. The molecule has 1 rings (SSSR count). The maximum Gasteiger partial charge on any atom is 0.306 e. The van der Waals surface area contributed by atoms with Crippen molar-refractivity contribution in [2.45, 2.75) is 13.3 Å². The quantitative estimate of drug-likeness (QED) is 0.625. The maximum atomic E-state index is 12.1. The molecule has 0 spiro atoms. The second kappa shape index (κ2) is 6.03. The monoisotopic (exact) mass is 274 g/mol. The molecule has 0 saturated heterocycles. The fraction of sp³-hybridized carbons (Fsp3) is 0.333. The first kappa shape index (κ1) is 14.0. The molecule has 0 amide bonds. The molecule has 0 aromatic heterocycles. The number of Topliss-reactive ketones (excluding diaryl/α,β-unsaturated/α-hetero) is 1. The Morgan fingerprint density at radius 3 is 2.29 bits per heavy atom. The topological polar surface area (TPSA) is 43.4 Å². The zero-order chi connectivity index (χ0) is 13.0. The van der Waals surface area contributed by atoms with E-state index >= 15 is 0 Å². The van der Waals surface area contributed by atoms with E-state index in [-0.39, 0.29) is 17.8 Å². The Kier molecular flexibility index (Phi) is 4.97. The number of benzene rings is 1. The zero-order valence-electron chi connectivity index (χ0n) is 9.50. The molecule has 1 aromatic carbocycles. The van der Waals surface area contributed by atoms with E-state index in [0.717, 1.165) is 0 Å². The lowest BCUT2D eigenvalue weighted by atomic mass is 9.96. The zero-order valence-corrected chi connectivity index (χ0v) is 11.0. The van der Waals surface area contributed by atoms with E-state index in [1.807, 2.05) is 0 Å². The minimum Gasteiger partial charge on any atom is -0.469 e. The van der Waals surface area contributed by atoms with Crippen LogP contribution in [0.15, 0.2) is 18.2 Å². The summed E-state index contributed by atoms with van der Waals surface area (Å²) in [5.74, 6) is -1.21. The normalized spacial score (nSPS) is 12.0. The molecular formula is C12H12Cl2O3. The van der Waals surface area contributed by atoms with Gasteiger partial charge in [0.25, 0.3) is 0 Å². The second-order valence-electron chi connectivity index (χ2n) is 3.64. The third-order valence-electron chi connectivity index (χ3n) is 2.36. The van der Waals surface area contributed by atoms with Crippen LogP contribution in [0.4, 0.5) is 0 Å². The summed E-state index contributed by atoms with van der Waals surface area (Å²) in [5, 5.41) is 0.582. The highest BCUT2D eigenvalue weighted by Crippen LogP contribution is 2.27. The van der Waals surface area contributed by atoms with Gasteiger partial charge in [0.2, 0.25) is 0 Å². The van der Waals surface area contributed by atoms with Gasteiger partial charge in [0.15, 0.2) is 5.78 Å². The van der Waals surface area contributed by atoms with Gasteiger partial charge in [0, 0.05) is 5.92 Å². The summed E-state index contributed by atoms with van der Waals surface area (Å²) in [6, 6.07) is 4.84. The van der Waals surface area contributed by atoms with Gasteiger partial charge in [-0.2, -0.15) is 0 Å². The number of halogens is 2. The second-order valence-corrected chi connectivity index (χ2v) is 4.46. The van der Waals surface area contributed by atoms with E-state index in [1.165, 1.54) is 7.11 Å². The molecule has 0 fully saturated rings. The smallest absolute Gasteiger partial charge is 0.306 e. The Bertz CT molecular complexity index is 423. The number of hydrogen-bond donors (Lipinski definition) is 0. The van der Waals surface area contributed by atoms with Gasteiger partial charge in [0.05, 0.1) is 29.1 Å². The van der Waals surface area contributed by atoms with E-state index < -0.39 is 11.9 Å². The van der Waals surface area contributed by atoms with Crippen LogP contribution in [0.2, 0.25) is 10.0 Å². The average molecular weight is 275 g/mol. The van der Waals surface area contributed by atoms with Gasteiger partial charge in [-0.25, -0.2) is 0 Å². The molecule has 17 heavy (non-hydrogen) atoms. The minimum atomic E-state index is -0.514. The van der Waals surface area contributed by atoms with Crippen LogP contribution in [0.3, 0.4) is 0 Å². The molecule has 92 valence electrons. The summed E-state index contributed by atoms with van der Waals surface area (Å²) in [6.45, 7) is 1.64. The molecule has 3 nitrogen and oxygen atoms in total. The largest absolute Gasteiger partial charge is 0.469 e. The number of carbonyl (C=O) groups is 2. The molecule has 0 heterocycles. The number of ketones is 1. The van der Waals surface area contributed by atoms with Crippen LogP contribution < -0.4 is 0 Å². The molecule has 1 aromatic rings. The third-order valence-corrected chi connectivity index (χ3v) is 2.99. The van der Waals surface area contributed by atoms with Crippen LogP contribution in [0.5, 0.6) is 0 Å². The Morgan fingerprint density at radius 2 is 1.82 bits per heavy atom. The van der Waals surface area contributed by atoms with Crippen LogP contribution in [0.25, 0.3) is 0 Å². The lowest BCUT2D eigenvalue weighted by Crippen LogP contribution is -2.17. The summed E-state index contributed by atoms with van der Waals surface area (Å²) < 4.78 is 4.51. The standard InChI is InChI=1S/C12H12Cl2O3/c1-7(6-10(15)17-2)12(16)11-8(13)4-3-5-9(11)14/h3-5,7H,6H2,1-2H3. The van der Waals surface area contributed by atoms with Gasteiger partial charge in [-0.3, -0.25) is 9.59 Å². The Hall–Kier alpha value is -1.06. The highest BCUT2D eigenvalue weighted by molar-refractivity contribution is 6.39. The molecule has 5 heteroatoms. The van der Waals surface area contributed by atoms with Crippen molar-refractivity contribution in [3.8, 4) is 0 Å². The summed E-state index contributed by atoms with van der Waals surface area (Å²) in [5.41, 5.74) is 0.257. The number of esters is 1. The molecule has 0 aliphatic rings. The van der Waals surface area contributed by atoms with Gasteiger partial charge in [-0.05, 0) is 12.1 Å². The number of carbonyl (C=O) groups excluding carboxylic acids is 2. The van der Waals surface area contributed by atoms with Crippen molar-refractivity contribution in [2.24, 2.45) is 5.92 Å². The van der Waals surface area contributed by atoms with Crippen molar-refractivity contribution in [1.29, 1.82) is 0 Å². The fourth-order valence-corrected chi connectivity index (χ4v) is 1.99. The van der Waals surface area contributed by atoms with Crippen molar-refractivity contribution in [2.75, 3.05) is 7.11 Å². The van der Waals surface area contributed by atoms with E-state index in [4.69, 9.17) is 23.2 Å². The number of hydrogen-bond acceptors (Lipinski definition) is 3. The summed E-state index contributed by atoms with van der Waals surface area (Å²) in [6.07, 6.45) is 0.0108. The molecule has 0 N–H and O–H groups in total. The highest BCUT2D eigenvalue weighted by atomic mass is 35.5. The number of rotatable bonds is 4.